The van der Waals surface area contributed by atoms with Crippen molar-refractivity contribution in [3.05, 3.63) is 52.0 Å². The lowest BCUT2D eigenvalue weighted by atomic mass is 10.1. The zero-order valence-corrected chi connectivity index (χ0v) is 20.1. The van der Waals surface area contributed by atoms with E-state index >= 15 is 0 Å². The number of benzene rings is 2. The molecule has 13 heteroatoms. The second kappa shape index (κ2) is 10.3. The number of fused-ring (bicyclic) bond motifs is 1. The molecule has 0 aliphatic carbocycles. The Labute approximate surface area is 207 Å². The maximum atomic E-state index is 13.0. The first kappa shape index (κ1) is 26.0. The van der Waals surface area contributed by atoms with Crippen LogP contribution in [0.3, 0.4) is 0 Å². The summed E-state index contributed by atoms with van der Waals surface area (Å²) >= 11 is 7.02. The Morgan fingerprint density at radius 1 is 1.21 bits per heavy atom. The Morgan fingerprint density at radius 2 is 1.91 bits per heavy atom. The molecule has 2 amide bonds. The smallest absolute Gasteiger partial charge is 0.409 e. The Bertz CT molecular complexity index is 1230. The van der Waals surface area contributed by atoms with Gasteiger partial charge in [-0.15, -0.1) is 12.4 Å². The van der Waals surface area contributed by atoms with Crippen LogP contribution in [0.25, 0.3) is 10.2 Å². The highest BCUT2D eigenvalue weighted by molar-refractivity contribution is 7.22. The molecule has 182 valence electrons. The van der Waals surface area contributed by atoms with Gasteiger partial charge in [0, 0.05) is 31.2 Å². The fourth-order valence-corrected chi connectivity index (χ4v) is 4.53. The van der Waals surface area contributed by atoms with E-state index in [4.69, 9.17) is 16.3 Å². The van der Waals surface area contributed by atoms with Crippen molar-refractivity contribution >= 4 is 62.7 Å². The molecule has 1 saturated heterocycles. The number of piperazine rings is 1. The van der Waals surface area contributed by atoms with Gasteiger partial charge in [-0.2, -0.15) is 13.2 Å². The minimum absolute atomic E-state index is 0. The summed E-state index contributed by atoms with van der Waals surface area (Å²) in [5.74, 6) is -0.597. The van der Waals surface area contributed by atoms with Crippen LogP contribution in [0, 0.1) is 6.92 Å². The molecule has 1 fully saturated rings. The molecule has 34 heavy (non-hydrogen) atoms. The van der Waals surface area contributed by atoms with Crippen molar-refractivity contribution < 1.29 is 27.5 Å². The number of amides is 2. The first-order valence-corrected chi connectivity index (χ1v) is 11.1. The van der Waals surface area contributed by atoms with Gasteiger partial charge in [0.1, 0.15) is 5.75 Å². The number of carbonyl (C=O) groups excluding carboxylic acids is 2. The largest absolute Gasteiger partial charge is 0.416 e. The van der Waals surface area contributed by atoms with Gasteiger partial charge in [0.2, 0.25) is 0 Å². The molecule has 0 radical (unpaired) electrons. The number of halogens is 5. The highest BCUT2D eigenvalue weighted by Crippen LogP contribution is 2.35. The molecule has 0 saturated carbocycles. The van der Waals surface area contributed by atoms with Gasteiger partial charge >= 0.3 is 12.3 Å². The summed E-state index contributed by atoms with van der Waals surface area (Å²) in [5.41, 5.74) is 0.00834. The zero-order chi connectivity index (χ0) is 23.8. The van der Waals surface area contributed by atoms with Gasteiger partial charge < -0.3 is 15.0 Å². The van der Waals surface area contributed by atoms with E-state index < -0.39 is 23.7 Å². The number of carbonyl (C=O) groups is 2. The maximum absolute atomic E-state index is 13.0. The van der Waals surface area contributed by atoms with Gasteiger partial charge in [0.15, 0.2) is 5.13 Å². The lowest BCUT2D eigenvalue weighted by Gasteiger charge is -2.27. The van der Waals surface area contributed by atoms with Crippen LogP contribution in [-0.4, -0.2) is 48.1 Å². The number of aryl methyl sites for hydroxylation is 1. The van der Waals surface area contributed by atoms with Crippen molar-refractivity contribution in [3.8, 4) is 5.75 Å². The molecule has 2 N–H and O–H groups in total. The first-order chi connectivity index (χ1) is 15.6. The molecule has 0 unspecified atom stereocenters. The number of alkyl halides is 3. The van der Waals surface area contributed by atoms with Crippen molar-refractivity contribution in [2.45, 2.75) is 13.1 Å². The third kappa shape index (κ3) is 5.72. The third-order valence-corrected chi connectivity index (χ3v) is 6.14. The first-order valence-electron chi connectivity index (χ1n) is 9.88. The summed E-state index contributed by atoms with van der Waals surface area (Å²) in [5, 5.41) is 6.07. The minimum Gasteiger partial charge on any atom is -0.409 e. The van der Waals surface area contributed by atoms with Crippen LogP contribution in [0.2, 0.25) is 5.02 Å². The summed E-state index contributed by atoms with van der Waals surface area (Å²) < 4.78 is 44.7. The van der Waals surface area contributed by atoms with Crippen LogP contribution in [0.1, 0.15) is 21.5 Å². The molecule has 2 heterocycles. The SMILES string of the molecule is Cc1cc(Cl)cc(C(=O)Nc2nc3ccc(C(F)(F)F)cc3s2)c1OC(=O)N1CCNCC1.Cl. The van der Waals surface area contributed by atoms with Crippen LogP contribution in [0.5, 0.6) is 5.75 Å². The van der Waals surface area contributed by atoms with E-state index in [9.17, 15) is 22.8 Å². The zero-order valence-electron chi connectivity index (χ0n) is 17.7. The normalized spacial score (nSPS) is 14.0. The monoisotopic (exact) mass is 534 g/mol. The lowest BCUT2D eigenvalue weighted by molar-refractivity contribution is -0.137. The summed E-state index contributed by atoms with van der Waals surface area (Å²) in [6.07, 6.45) is -5.07. The van der Waals surface area contributed by atoms with E-state index in [0.29, 0.717) is 37.3 Å². The van der Waals surface area contributed by atoms with Crippen LogP contribution >= 0.6 is 35.3 Å². The quantitative estimate of drug-likeness (QED) is 0.472. The topological polar surface area (TPSA) is 83.6 Å². The summed E-state index contributed by atoms with van der Waals surface area (Å²) in [6, 6.07) is 6.08. The van der Waals surface area contributed by atoms with Crippen LogP contribution in [-0.2, 0) is 6.18 Å². The number of anilines is 1. The van der Waals surface area contributed by atoms with E-state index in [0.717, 1.165) is 23.5 Å². The standard InChI is InChI=1S/C21H18ClF3N4O3S.ClH/c1-11-8-13(22)10-14(17(11)32-20(31)29-6-4-26-5-7-29)18(30)28-19-27-15-3-2-12(21(23,24)25)9-16(15)33-19;/h2-3,8-10,26H,4-7H2,1H3,(H,27,28,30);1H. The molecule has 2 aromatic carbocycles. The van der Waals surface area contributed by atoms with Crippen molar-refractivity contribution in [1.82, 2.24) is 15.2 Å². The predicted molar refractivity (Wildman–Crippen MR) is 126 cm³/mol. The Balaban J connectivity index is 0.00000324. The molecule has 1 aliphatic heterocycles. The van der Waals surface area contributed by atoms with Gasteiger partial charge in [-0.1, -0.05) is 22.9 Å². The van der Waals surface area contributed by atoms with Crippen molar-refractivity contribution in [2.75, 3.05) is 31.5 Å². The number of nitrogens with zero attached hydrogens (tertiary/aromatic N) is 2. The number of hydrogen-bond acceptors (Lipinski definition) is 6. The second-order valence-electron chi connectivity index (χ2n) is 7.36. The number of thiazole rings is 1. The number of nitrogens with one attached hydrogen (secondary N) is 2. The Morgan fingerprint density at radius 3 is 2.59 bits per heavy atom. The van der Waals surface area contributed by atoms with E-state index in [1.54, 1.807) is 13.0 Å². The maximum Gasteiger partial charge on any atom is 0.416 e. The molecular weight excluding hydrogens is 516 g/mol. The van der Waals surface area contributed by atoms with Gasteiger partial charge in [0.05, 0.1) is 21.3 Å². The molecule has 7 nitrogen and oxygen atoms in total. The molecule has 0 bridgehead atoms. The van der Waals surface area contributed by atoms with Crippen molar-refractivity contribution in [2.24, 2.45) is 0 Å². The molecule has 1 aliphatic rings. The Kier molecular flexibility index (Phi) is 7.91. The van der Waals surface area contributed by atoms with Crippen molar-refractivity contribution in [3.63, 3.8) is 0 Å². The molecule has 4 rings (SSSR count). The van der Waals surface area contributed by atoms with Gasteiger partial charge in [-0.25, -0.2) is 9.78 Å². The van der Waals surface area contributed by atoms with Gasteiger partial charge in [0.25, 0.3) is 5.91 Å². The summed E-state index contributed by atoms with van der Waals surface area (Å²) in [6.45, 7) is 3.86. The molecule has 1 aromatic heterocycles. The fourth-order valence-electron chi connectivity index (χ4n) is 3.35. The van der Waals surface area contributed by atoms with E-state index in [2.05, 4.69) is 15.6 Å². The van der Waals surface area contributed by atoms with Crippen molar-refractivity contribution in [1.29, 1.82) is 0 Å². The highest BCUT2D eigenvalue weighted by Gasteiger charge is 2.31. The predicted octanol–water partition coefficient (Wildman–Crippen LogP) is 5.36. The van der Waals surface area contributed by atoms with Crippen LogP contribution < -0.4 is 15.4 Å². The van der Waals surface area contributed by atoms with Crippen LogP contribution in [0.4, 0.5) is 23.1 Å². The number of ether oxygens (including phenoxy) is 1. The number of aromatic nitrogens is 1. The molecule has 0 atom stereocenters. The average molecular weight is 535 g/mol. The van der Waals surface area contributed by atoms with E-state index in [1.807, 2.05) is 0 Å². The summed E-state index contributed by atoms with van der Waals surface area (Å²) in [4.78, 5) is 31.3. The lowest BCUT2D eigenvalue weighted by Crippen LogP contribution is -2.47. The minimum atomic E-state index is -4.48. The molecule has 3 aromatic rings. The van der Waals surface area contributed by atoms with E-state index in [1.165, 1.54) is 17.0 Å². The molecule has 0 spiro atoms. The number of hydrogen-bond donors (Lipinski definition) is 2. The summed E-state index contributed by atoms with van der Waals surface area (Å²) in [7, 11) is 0. The van der Waals surface area contributed by atoms with Gasteiger partial charge in [-0.3, -0.25) is 10.1 Å². The second-order valence-corrected chi connectivity index (χ2v) is 8.82. The van der Waals surface area contributed by atoms with E-state index in [-0.39, 0.29) is 38.6 Å². The fraction of sp³-hybridized carbons (Fsp3) is 0.286. The third-order valence-electron chi connectivity index (χ3n) is 4.98. The average Bonchev–Trinajstić information content (AvgIpc) is 3.16. The molecular formula is C21H19Cl2F3N4O3S. The highest BCUT2D eigenvalue weighted by atomic mass is 35.5. The van der Waals surface area contributed by atoms with Crippen LogP contribution in [0.15, 0.2) is 30.3 Å². The number of rotatable bonds is 3. The van der Waals surface area contributed by atoms with Gasteiger partial charge in [-0.05, 0) is 42.8 Å². The Hall–Kier alpha value is -2.60.